The average Bonchev–Trinajstić information content (AvgIpc) is 2.81. The Bertz CT molecular complexity index is 510. The number of likely N-dealkylation sites (tertiary alicyclic amines) is 1. The maximum absolute atomic E-state index is 4.36. The van der Waals surface area contributed by atoms with Crippen molar-refractivity contribution >= 4 is 11.3 Å². The minimum atomic E-state index is 0.553. The molecule has 2 aromatic rings. The van der Waals surface area contributed by atoms with Gasteiger partial charge in [-0.25, -0.2) is 4.98 Å². The first-order valence-electron chi connectivity index (χ1n) is 5.85. The highest BCUT2D eigenvalue weighted by Crippen LogP contribution is 2.24. The van der Waals surface area contributed by atoms with Gasteiger partial charge in [0.2, 0.25) is 0 Å². The van der Waals surface area contributed by atoms with Crippen LogP contribution in [-0.2, 0) is 6.54 Å². The van der Waals surface area contributed by atoms with Crippen molar-refractivity contribution in [1.29, 1.82) is 0 Å². The highest BCUT2D eigenvalue weighted by molar-refractivity contribution is 7.11. The van der Waals surface area contributed by atoms with Crippen LogP contribution in [0.4, 0.5) is 0 Å². The summed E-state index contributed by atoms with van der Waals surface area (Å²) in [7, 11) is 0. The predicted octanol–water partition coefficient (Wildman–Crippen LogP) is 2.01. The fourth-order valence-corrected chi connectivity index (χ4v) is 3.01. The van der Waals surface area contributed by atoms with Crippen molar-refractivity contribution in [2.75, 3.05) is 13.1 Å². The first-order chi connectivity index (χ1) is 8.20. The molecule has 1 fully saturated rings. The van der Waals surface area contributed by atoms with Crippen LogP contribution in [0.2, 0.25) is 0 Å². The molecule has 0 aliphatic carbocycles. The topological polar surface area (TPSA) is 34.0 Å². The first-order valence-corrected chi connectivity index (χ1v) is 6.67. The minimum absolute atomic E-state index is 0.553. The van der Waals surface area contributed by atoms with Crippen molar-refractivity contribution in [3.63, 3.8) is 0 Å². The van der Waals surface area contributed by atoms with Crippen LogP contribution < -0.4 is 0 Å². The van der Waals surface area contributed by atoms with Crippen LogP contribution in [0.25, 0.3) is 0 Å². The van der Waals surface area contributed by atoms with Gasteiger partial charge in [-0.05, 0) is 19.4 Å². The number of hydrogen-bond acceptors (Lipinski definition) is 4. The van der Waals surface area contributed by atoms with Gasteiger partial charge in [-0.2, -0.15) is 5.10 Å². The van der Waals surface area contributed by atoms with Crippen molar-refractivity contribution in [2.24, 2.45) is 0 Å². The largest absolute Gasteiger partial charge is 0.294 e. The van der Waals surface area contributed by atoms with Crippen molar-refractivity contribution in [2.45, 2.75) is 26.4 Å². The van der Waals surface area contributed by atoms with Gasteiger partial charge in [-0.3, -0.25) is 9.58 Å². The summed E-state index contributed by atoms with van der Waals surface area (Å²) in [5.74, 6) is 0. The van der Waals surface area contributed by atoms with Gasteiger partial charge in [-0.1, -0.05) is 0 Å². The lowest BCUT2D eigenvalue weighted by molar-refractivity contribution is 0.0919. The Balaban J connectivity index is 1.55. The zero-order chi connectivity index (χ0) is 11.8. The molecule has 5 heteroatoms. The standard InChI is InChI=1S/C12H16N4S/c1-9-3-14-16(5-9)11-6-15(7-11)8-12-4-13-10(2)17-12/h3-5,11H,6-8H2,1-2H3. The van der Waals surface area contributed by atoms with Crippen molar-refractivity contribution in [3.8, 4) is 0 Å². The molecule has 2 aromatic heterocycles. The van der Waals surface area contributed by atoms with Gasteiger partial charge in [0, 0.05) is 36.9 Å². The van der Waals surface area contributed by atoms with Gasteiger partial charge in [0.15, 0.2) is 0 Å². The zero-order valence-corrected chi connectivity index (χ0v) is 10.9. The molecule has 90 valence electrons. The molecule has 0 atom stereocenters. The lowest BCUT2D eigenvalue weighted by Crippen LogP contribution is -2.46. The first kappa shape index (κ1) is 10.9. The van der Waals surface area contributed by atoms with E-state index in [0.717, 1.165) is 24.6 Å². The number of aryl methyl sites for hydroxylation is 2. The van der Waals surface area contributed by atoms with Gasteiger partial charge in [0.1, 0.15) is 0 Å². The Labute approximate surface area is 105 Å². The van der Waals surface area contributed by atoms with Crippen molar-refractivity contribution < 1.29 is 0 Å². The van der Waals surface area contributed by atoms with Gasteiger partial charge < -0.3 is 0 Å². The van der Waals surface area contributed by atoms with E-state index in [1.807, 2.05) is 12.4 Å². The molecule has 17 heavy (non-hydrogen) atoms. The van der Waals surface area contributed by atoms with E-state index in [0.29, 0.717) is 6.04 Å². The summed E-state index contributed by atoms with van der Waals surface area (Å²) in [6, 6.07) is 0.553. The monoisotopic (exact) mass is 248 g/mol. The number of thiazole rings is 1. The van der Waals surface area contributed by atoms with Crippen LogP contribution in [0.5, 0.6) is 0 Å². The molecule has 1 aliphatic rings. The van der Waals surface area contributed by atoms with Crippen LogP contribution in [0.1, 0.15) is 21.5 Å². The van der Waals surface area contributed by atoms with E-state index in [-0.39, 0.29) is 0 Å². The van der Waals surface area contributed by atoms with Crippen LogP contribution in [-0.4, -0.2) is 32.8 Å². The molecular formula is C12H16N4S. The van der Waals surface area contributed by atoms with E-state index >= 15 is 0 Å². The second-order valence-corrected chi connectivity index (χ2v) is 6.01. The highest BCUT2D eigenvalue weighted by atomic mass is 32.1. The summed E-state index contributed by atoms with van der Waals surface area (Å²) < 4.78 is 2.09. The molecule has 1 saturated heterocycles. The molecule has 0 bridgehead atoms. The maximum Gasteiger partial charge on any atom is 0.0897 e. The molecule has 3 heterocycles. The van der Waals surface area contributed by atoms with Crippen LogP contribution >= 0.6 is 11.3 Å². The third-order valence-corrected chi connectivity index (χ3v) is 3.99. The summed E-state index contributed by atoms with van der Waals surface area (Å²) in [5, 5.41) is 5.52. The molecule has 3 rings (SSSR count). The maximum atomic E-state index is 4.36. The Kier molecular flexibility index (Phi) is 2.72. The van der Waals surface area contributed by atoms with E-state index in [1.54, 1.807) is 11.3 Å². The average molecular weight is 248 g/mol. The number of aromatic nitrogens is 3. The molecule has 0 aromatic carbocycles. The summed E-state index contributed by atoms with van der Waals surface area (Å²) in [4.78, 5) is 8.08. The lowest BCUT2D eigenvalue weighted by Gasteiger charge is -2.38. The molecule has 0 radical (unpaired) electrons. The molecule has 0 N–H and O–H groups in total. The molecule has 0 spiro atoms. The summed E-state index contributed by atoms with van der Waals surface area (Å²) >= 11 is 1.79. The summed E-state index contributed by atoms with van der Waals surface area (Å²) in [6.45, 7) is 7.36. The Morgan fingerprint density at radius 3 is 2.76 bits per heavy atom. The van der Waals surface area contributed by atoms with Gasteiger partial charge in [0.25, 0.3) is 0 Å². The number of hydrogen-bond donors (Lipinski definition) is 0. The fraction of sp³-hybridized carbons (Fsp3) is 0.500. The van der Waals surface area contributed by atoms with Crippen molar-refractivity contribution in [1.82, 2.24) is 19.7 Å². The van der Waals surface area contributed by atoms with Crippen LogP contribution in [0.3, 0.4) is 0 Å². The quantitative estimate of drug-likeness (QED) is 0.833. The van der Waals surface area contributed by atoms with Crippen LogP contribution in [0, 0.1) is 13.8 Å². The fourth-order valence-electron chi connectivity index (χ4n) is 2.17. The van der Waals surface area contributed by atoms with E-state index in [2.05, 4.69) is 39.7 Å². The van der Waals surface area contributed by atoms with E-state index < -0.39 is 0 Å². The van der Waals surface area contributed by atoms with E-state index in [4.69, 9.17) is 0 Å². The molecule has 1 aliphatic heterocycles. The lowest BCUT2D eigenvalue weighted by atomic mass is 10.1. The highest BCUT2D eigenvalue weighted by Gasteiger charge is 2.28. The van der Waals surface area contributed by atoms with Crippen LogP contribution in [0.15, 0.2) is 18.6 Å². The number of rotatable bonds is 3. The SMILES string of the molecule is Cc1cnn(C2CN(Cc3cnc(C)s3)C2)c1. The summed E-state index contributed by atoms with van der Waals surface area (Å²) in [6.07, 6.45) is 6.04. The van der Waals surface area contributed by atoms with Crippen molar-refractivity contribution in [3.05, 3.63) is 34.0 Å². The van der Waals surface area contributed by atoms with E-state index in [9.17, 15) is 0 Å². The Morgan fingerprint density at radius 2 is 2.18 bits per heavy atom. The summed E-state index contributed by atoms with van der Waals surface area (Å²) in [5.41, 5.74) is 1.24. The van der Waals surface area contributed by atoms with Gasteiger partial charge >= 0.3 is 0 Å². The normalized spacial score (nSPS) is 17.3. The minimum Gasteiger partial charge on any atom is -0.294 e. The van der Waals surface area contributed by atoms with Gasteiger partial charge in [-0.15, -0.1) is 11.3 Å². The molecule has 4 nitrogen and oxygen atoms in total. The molecule has 0 unspecified atom stereocenters. The third kappa shape index (κ3) is 2.25. The molecular weight excluding hydrogens is 232 g/mol. The third-order valence-electron chi connectivity index (χ3n) is 3.09. The predicted molar refractivity (Wildman–Crippen MR) is 68.1 cm³/mol. The second-order valence-electron chi connectivity index (χ2n) is 4.69. The van der Waals surface area contributed by atoms with E-state index in [1.165, 1.54) is 10.4 Å². The molecule has 0 amide bonds. The number of nitrogens with zero attached hydrogens (tertiary/aromatic N) is 4. The van der Waals surface area contributed by atoms with Gasteiger partial charge in [0.05, 0.1) is 17.2 Å². The smallest absolute Gasteiger partial charge is 0.0897 e. The second kappa shape index (κ2) is 4.23. The Morgan fingerprint density at radius 1 is 1.35 bits per heavy atom. The Hall–Kier alpha value is -1.20. The zero-order valence-electron chi connectivity index (χ0n) is 10.1. The molecule has 0 saturated carbocycles.